The first-order valence-electron chi connectivity index (χ1n) is 9.18. The third kappa shape index (κ3) is 3.09. The lowest BCUT2D eigenvalue weighted by Crippen LogP contribution is -2.52. The van der Waals surface area contributed by atoms with Crippen molar-refractivity contribution in [2.45, 2.75) is 25.8 Å². The Labute approximate surface area is 162 Å². The minimum absolute atomic E-state index is 0.140. The number of amides is 2. The number of aromatic nitrogens is 1. The molecule has 7 heteroatoms. The van der Waals surface area contributed by atoms with Crippen molar-refractivity contribution in [3.05, 3.63) is 54.0 Å². The van der Waals surface area contributed by atoms with Crippen LogP contribution < -0.4 is 15.0 Å². The van der Waals surface area contributed by atoms with Gasteiger partial charge in [0.15, 0.2) is 17.1 Å². The first kappa shape index (κ1) is 18.0. The van der Waals surface area contributed by atoms with Crippen LogP contribution in [0.2, 0.25) is 0 Å². The van der Waals surface area contributed by atoms with Gasteiger partial charge in [-0.2, -0.15) is 0 Å². The fourth-order valence-electron chi connectivity index (χ4n) is 3.60. The van der Waals surface area contributed by atoms with E-state index in [-0.39, 0.29) is 11.7 Å². The van der Waals surface area contributed by atoms with E-state index in [0.29, 0.717) is 24.3 Å². The number of hydrogen-bond donors (Lipinski definition) is 1. The van der Waals surface area contributed by atoms with Crippen LogP contribution in [0.15, 0.2) is 47.1 Å². The van der Waals surface area contributed by atoms with E-state index in [0.717, 1.165) is 23.1 Å². The number of pyridine rings is 1. The molecule has 2 aromatic heterocycles. The van der Waals surface area contributed by atoms with E-state index in [1.807, 2.05) is 25.1 Å². The van der Waals surface area contributed by atoms with Gasteiger partial charge < -0.3 is 19.4 Å². The first-order chi connectivity index (χ1) is 13.6. The Morgan fingerprint density at radius 1 is 1.32 bits per heavy atom. The average Bonchev–Trinajstić information content (AvgIpc) is 3.07. The molecule has 3 heterocycles. The summed E-state index contributed by atoms with van der Waals surface area (Å²) in [6.07, 6.45) is 4.69. The van der Waals surface area contributed by atoms with E-state index >= 15 is 0 Å². The summed E-state index contributed by atoms with van der Waals surface area (Å²) in [5.41, 5.74) is 1.98. The van der Waals surface area contributed by atoms with Crippen molar-refractivity contribution in [3.8, 4) is 5.75 Å². The van der Waals surface area contributed by atoms with Crippen LogP contribution in [0.1, 0.15) is 29.0 Å². The Morgan fingerprint density at radius 3 is 2.93 bits per heavy atom. The Bertz CT molecular complexity index is 1030. The standard InChI is InChI=1S/C21H21N3O4/c1-13-15-7-3-9-17(27-2)19(15)28-18(13)20(25)23-16-8-5-11-24(21(16)26)14-6-4-10-22-12-14/h3-4,6-7,9-10,12,16H,5,8,11H2,1-2H3,(H,23,25). The number of anilines is 1. The highest BCUT2D eigenvalue weighted by Gasteiger charge is 2.32. The lowest BCUT2D eigenvalue weighted by molar-refractivity contribution is -0.121. The van der Waals surface area contributed by atoms with Gasteiger partial charge in [-0.15, -0.1) is 0 Å². The second-order valence-corrected chi connectivity index (χ2v) is 6.76. The van der Waals surface area contributed by atoms with Crippen LogP contribution in [0.4, 0.5) is 5.69 Å². The van der Waals surface area contributed by atoms with Gasteiger partial charge >= 0.3 is 0 Å². The summed E-state index contributed by atoms with van der Waals surface area (Å²) < 4.78 is 11.1. The van der Waals surface area contributed by atoms with Crippen LogP contribution >= 0.6 is 0 Å². The van der Waals surface area contributed by atoms with Gasteiger partial charge in [0.2, 0.25) is 5.91 Å². The summed E-state index contributed by atoms with van der Waals surface area (Å²) in [6.45, 7) is 2.43. The average molecular weight is 379 g/mol. The molecule has 144 valence electrons. The number of carbonyl (C=O) groups is 2. The Kier molecular flexibility index (Phi) is 4.73. The molecular weight excluding hydrogens is 358 g/mol. The van der Waals surface area contributed by atoms with Gasteiger partial charge in [-0.05, 0) is 38.0 Å². The SMILES string of the molecule is COc1cccc2c(C)c(C(=O)NC3CCCN(c4cccnc4)C3=O)oc12. The number of benzene rings is 1. The molecule has 1 fully saturated rings. The highest BCUT2D eigenvalue weighted by atomic mass is 16.5. The number of aryl methyl sites for hydroxylation is 1. The molecule has 1 saturated heterocycles. The Balaban J connectivity index is 1.57. The van der Waals surface area contributed by atoms with E-state index < -0.39 is 11.9 Å². The number of nitrogens with one attached hydrogen (secondary N) is 1. The van der Waals surface area contributed by atoms with Crippen molar-refractivity contribution in [3.63, 3.8) is 0 Å². The van der Waals surface area contributed by atoms with E-state index in [1.54, 1.807) is 36.5 Å². The number of para-hydroxylation sites is 1. The number of carbonyl (C=O) groups excluding carboxylic acids is 2. The highest BCUT2D eigenvalue weighted by molar-refractivity contribution is 6.04. The zero-order valence-corrected chi connectivity index (χ0v) is 15.8. The largest absolute Gasteiger partial charge is 0.493 e. The van der Waals surface area contributed by atoms with Crippen LogP contribution in [0.25, 0.3) is 11.0 Å². The van der Waals surface area contributed by atoms with Gasteiger partial charge in [0.1, 0.15) is 6.04 Å². The van der Waals surface area contributed by atoms with Crippen LogP contribution in [0.3, 0.4) is 0 Å². The number of nitrogens with zero attached hydrogens (tertiary/aromatic N) is 2. The van der Waals surface area contributed by atoms with E-state index in [4.69, 9.17) is 9.15 Å². The van der Waals surface area contributed by atoms with E-state index in [9.17, 15) is 9.59 Å². The first-order valence-corrected chi connectivity index (χ1v) is 9.18. The van der Waals surface area contributed by atoms with Crippen LogP contribution in [0.5, 0.6) is 5.75 Å². The zero-order chi connectivity index (χ0) is 19.7. The van der Waals surface area contributed by atoms with E-state index in [1.165, 1.54) is 0 Å². The predicted molar refractivity (Wildman–Crippen MR) is 105 cm³/mol. The molecule has 1 N–H and O–H groups in total. The summed E-state index contributed by atoms with van der Waals surface area (Å²) in [5, 5.41) is 3.65. The maximum atomic E-state index is 12.9. The molecule has 0 aliphatic carbocycles. The minimum Gasteiger partial charge on any atom is -0.493 e. The maximum Gasteiger partial charge on any atom is 0.287 e. The number of ether oxygens (including phenoxy) is 1. The lowest BCUT2D eigenvalue weighted by atomic mass is 10.0. The quantitative estimate of drug-likeness (QED) is 0.753. The predicted octanol–water partition coefficient (Wildman–Crippen LogP) is 3.07. The fraction of sp³-hybridized carbons (Fsp3) is 0.286. The number of hydrogen-bond acceptors (Lipinski definition) is 5. The number of methoxy groups -OCH3 is 1. The van der Waals surface area contributed by atoms with Gasteiger partial charge in [-0.3, -0.25) is 14.6 Å². The van der Waals surface area contributed by atoms with Crippen LogP contribution in [-0.2, 0) is 4.79 Å². The van der Waals surface area contributed by atoms with Gasteiger partial charge in [0.05, 0.1) is 19.0 Å². The minimum atomic E-state index is -0.601. The Morgan fingerprint density at radius 2 is 2.18 bits per heavy atom. The number of furan rings is 1. The van der Waals surface area contributed by atoms with Crippen molar-refractivity contribution in [1.82, 2.24) is 10.3 Å². The smallest absolute Gasteiger partial charge is 0.287 e. The molecule has 1 aliphatic heterocycles. The number of piperidine rings is 1. The van der Waals surface area contributed by atoms with Crippen molar-refractivity contribution < 1.29 is 18.7 Å². The summed E-state index contributed by atoms with van der Waals surface area (Å²) in [6, 6.07) is 8.53. The molecule has 0 spiro atoms. The summed E-state index contributed by atoms with van der Waals surface area (Å²) in [4.78, 5) is 31.5. The fourth-order valence-corrected chi connectivity index (χ4v) is 3.60. The number of rotatable bonds is 4. The molecular formula is C21H21N3O4. The topological polar surface area (TPSA) is 84.7 Å². The van der Waals surface area contributed by atoms with Gasteiger partial charge in [0, 0.05) is 23.7 Å². The maximum absolute atomic E-state index is 12.9. The normalized spacial score (nSPS) is 17.0. The van der Waals surface area contributed by atoms with Gasteiger partial charge in [-0.25, -0.2) is 0 Å². The summed E-state index contributed by atoms with van der Waals surface area (Å²) in [5.74, 6) is 0.225. The molecule has 2 amide bonds. The van der Waals surface area contributed by atoms with Crippen LogP contribution in [0, 0.1) is 6.92 Å². The molecule has 1 aliphatic rings. The molecule has 1 aromatic carbocycles. The van der Waals surface area contributed by atoms with Crippen molar-refractivity contribution in [2.24, 2.45) is 0 Å². The molecule has 1 unspecified atom stereocenters. The van der Waals surface area contributed by atoms with Gasteiger partial charge in [0.25, 0.3) is 5.91 Å². The molecule has 0 radical (unpaired) electrons. The van der Waals surface area contributed by atoms with Crippen molar-refractivity contribution in [1.29, 1.82) is 0 Å². The lowest BCUT2D eigenvalue weighted by Gasteiger charge is -2.32. The van der Waals surface area contributed by atoms with Crippen LogP contribution in [-0.4, -0.2) is 36.5 Å². The van der Waals surface area contributed by atoms with E-state index in [2.05, 4.69) is 10.3 Å². The van der Waals surface area contributed by atoms with Gasteiger partial charge in [-0.1, -0.05) is 12.1 Å². The second kappa shape index (κ2) is 7.34. The highest BCUT2D eigenvalue weighted by Crippen LogP contribution is 2.32. The second-order valence-electron chi connectivity index (χ2n) is 6.76. The molecule has 7 nitrogen and oxygen atoms in total. The molecule has 0 bridgehead atoms. The monoisotopic (exact) mass is 379 g/mol. The molecule has 0 saturated carbocycles. The molecule has 1 atom stereocenters. The van der Waals surface area contributed by atoms with Crippen molar-refractivity contribution >= 4 is 28.5 Å². The zero-order valence-electron chi connectivity index (χ0n) is 15.8. The third-order valence-electron chi connectivity index (χ3n) is 5.06. The molecule has 4 rings (SSSR count). The summed E-state index contributed by atoms with van der Waals surface area (Å²) in [7, 11) is 1.56. The Hall–Kier alpha value is -3.35. The van der Waals surface area contributed by atoms with Crippen molar-refractivity contribution in [2.75, 3.05) is 18.6 Å². The third-order valence-corrected chi connectivity index (χ3v) is 5.06. The number of fused-ring (bicyclic) bond motifs is 1. The molecule has 3 aromatic rings. The summed E-state index contributed by atoms with van der Waals surface area (Å²) >= 11 is 0. The molecule has 28 heavy (non-hydrogen) atoms.